The minimum Gasteiger partial charge on any atom is -0.459 e. The molecule has 29 heteroatoms. The average Bonchev–Trinajstić information content (AvgIpc) is 3.43. The monoisotopic (exact) mass is 1180 g/mol. The molecule has 0 saturated carbocycles. The van der Waals surface area contributed by atoms with Gasteiger partial charge in [0.25, 0.3) is 0 Å². The Kier molecular flexibility index (Phi) is 42.7. The molecular weight excluding hydrogens is 1100 g/mol. The van der Waals surface area contributed by atoms with Gasteiger partial charge in [0.05, 0.1) is 13.2 Å². The zero-order valence-corrected chi connectivity index (χ0v) is 47.2. The third-order valence-electron chi connectivity index (χ3n) is 9.41. The maximum atomic E-state index is 11.6. The maximum Gasteiger partial charge on any atom is 0.333 e. The van der Waals surface area contributed by atoms with E-state index >= 15 is 0 Å². The molecule has 12 atom stereocenters. The first-order valence-electron chi connectivity index (χ1n) is 24.0. The number of carbonyl (C=O) groups is 8. The van der Waals surface area contributed by atoms with E-state index in [0.29, 0.717) is 0 Å². The normalized spacial score (nSPS) is 15.2. The smallest absolute Gasteiger partial charge is 0.333 e. The number of hydrogen-bond acceptors (Lipinski definition) is 29. The van der Waals surface area contributed by atoms with Crippen LogP contribution in [-0.4, -0.2) is 246 Å². The van der Waals surface area contributed by atoms with Crippen LogP contribution in [0.3, 0.4) is 0 Å². The topological polar surface area (TPSA) is 473 Å². The van der Waals surface area contributed by atoms with E-state index in [1.54, 1.807) is 0 Å². The fraction of sp³-hybridized carbons (Fsp3) is 0.547. The van der Waals surface area contributed by atoms with Crippen molar-refractivity contribution in [1.29, 1.82) is 0 Å². The van der Waals surface area contributed by atoms with E-state index in [-0.39, 0.29) is 44.6 Å². The van der Waals surface area contributed by atoms with Crippen molar-refractivity contribution in [2.45, 2.75) is 135 Å². The number of carbonyl (C=O) groups excluding carboxylic acids is 8. The van der Waals surface area contributed by atoms with E-state index in [9.17, 15) is 94.5 Å². The molecule has 0 radical (unpaired) electrons. The highest BCUT2D eigenvalue weighted by molar-refractivity contribution is 5.90. The second kappa shape index (κ2) is 42.9. The molecule has 468 valence electrons. The van der Waals surface area contributed by atoms with Gasteiger partial charge in [0.1, 0.15) is 107 Å². The van der Waals surface area contributed by atoms with Crippen molar-refractivity contribution < 1.29 is 143 Å². The summed E-state index contributed by atoms with van der Waals surface area (Å²) in [5.74, 6) is -6.15. The molecule has 0 spiro atoms. The predicted octanol–water partition coefficient (Wildman–Crippen LogP) is -3.41. The van der Waals surface area contributed by atoms with Crippen molar-refractivity contribution in [2.24, 2.45) is 0 Å². The summed E-state index contributed by atoms with van der Waals surface area (Å²) in [5, 5.41) is 124. The van der Waals surface area contributed by atoms with E-state index in [0.717, 1.165) is 0 Å². The number of ether oxygens (including phenoxy) is 8. The highest BCUT2D eigenvalue weighted by Crippen LogP contribution is 2.17. The van der Waals surface area contributed by atoms with E-state index in [1.807, 2.05) is 0 Å². The first-order valence-corrected chi connectivity index (χ1v) is 24.0. The third kappa shape index (κ3) is 35.8. The first kappa shape index (κ1) is 81.6. The van der Waals surface area contributed by atoms with Gasteiger partial charge in [0, 0.05) is 44.6 Å². The van der Waals surface area contributed by atoms with Crippen molar-refractivity contribution in [1.82, 2.24) is 0 Å². The van der Waals surface area contributed by atoms with Crippen LogP contribution >= 0.6 is 0 Å². The van der Waals surface area contributed by atoms with Gasteiger partial charge in [-0.25, -0.2) is 38.4 Å². The molecule has 0 saturated heterocycles. The fourth-order valence-electron chi connectivity index (χ4n) is 4.42. The summed E-state index contributed by atoms with van der Waals surface area (Å²) in [6.45, 7) is 33.4. The molecule has 0 heterocycles. The molecule has 13 N–H and O–H groups in total. The quantitative estimate of drug-likeness (QED) is 0.0173. The second-order valence-corrected chi connectivity index (χ2v) is 17.9. The number of hydrogen-bond donors (Lipinski definition) is 13. The fourth-order valence-corrected chi connectivity index (χ4v) is 4.42. The lowest BCUT2D eigenvalue weighted by Crippen LogP contribution is -2.51. The largest absolute Gasteiger partial charge is 0.459 e. The lowest BCUT2D eigenvalue weighted by molar-refractivity contribution is -0.188. The Morgan fingerprint density at radius 3 is 0.585 bits per heavy atom. The van der Waals surface area contributed by atoms with E-state index in [1.165, 1.54) is 55.4 Å². The van der Waals surface area contributed by atoms with Gasteiger partial charge in [-0.2, -0.15) is 0 Å². The van der Waals surface area contributed by atoms with Gasteiger partial charge < -0.3 is 104 Å². The third-order valence-corrected chi connectivity index (χ3v) is 9.41. The van der Waals surface area contributed by atoms with Crippen molar-refractivity contribution in [3.63, 3.8) is 0 Å². The lowest BCUT2D eigenvalue weighted by Gasteiger charge is -2.32. The van der Waals surface area contributed by atoms with Crippen LogP contribution in [0.5, 0.6) is 0 Å². The summed E-state index contributed by atoms with van der Waals surface area (Å²) in [4.78, 5) is 89.6. The molecular formula is C53H82O29. The molecule has 12 unspecified atom stereocenters. The number of aliphatic hydroxyl groups excluding tert-OH is 13. The van der Waals surface area contributed by atoms with Gasteiger partial charge in [-0.15, -0.1) is 0 Å². The SMILES string of the molecule is C=C(C)C(=O)OC(C(O)CO)C(OC(=O)C(=C)C)C(O)CO.C=C(C)C(=O)OCC(O)C(O)C(O)C(O)COC(=O)C(=C)C.C=C(C)C(=O)OCC(O)C(O)C(O)COC(=O)C(=C)C.C=C(C)C(=O)OCC(O)C(O)COC(=O)C(=C)C. The Balaban J connectivity index is -0.000000496. The Morgan fingerprint density at radius 1 is 0.268 bits per heavy atom. The van der Waals surface area contributed by atoms with E-state index in [4.69, 9.17) is 19.7 Å². The molecule has 29 nitrogen and oxygen atoms in total. The highest BCUT2D eigenvalue weighted by Gasteiger charge is 2.40. The average molecular weight is 1180 g/mol. The van der Waals surface area contributed by atoms with Crippen molar-refractivity contribution in [2.75, 3.05) is 52.9 Å². The van der Waals surface area contributed by atoms with Crippen molar-refractivity contribution in [3.8, 4) is 0 Å². The molecule has 0 aromatic rings. The molecule has 0 amide bonds. The van der Waals surface area contributed by atoms with Crippen molar-refractivity contribution in [3.05, 3.63) is 97.2 Å². The molecule has 0 fully saturated rings. The van der Waals surface area contributed by atoms with E-state index in [2.05, 4.69) is 81.1 Å². The Hall–Kier alpha value is -6.84. The molecule has 0 aromatic carbocycles. The van der Waals surface area contributed by atoms with Crippen LogP contribution in [0.2, 0.25) is 0 Å². The number of esters is 8. The Morgan fingerprint density at radius 2 is 0.427 bits per heavy atom. The molecule has 0 bridgehead atoms. The van der Waals surface area contributed by atoms with Crippen LogP contribution in [0.4, 0.5) is 0 Å². The summed E-state index contributed by atoms with van der Waals surface area (Å²) in [5.41, 5.74) is 0.862. The van der Waals surface area contributed by atoms with Crippen LogP contribution in [0, 0.1) is 0 Å². The summed E-state index contributed by atoms with van der Waals surface area (Å²) < 4.78 is 37.5. The standard InChI is InChI=1S/2C14H22O8.C13H20O7.C12H18O6/c1-7(2)13(19)21-5-9(15)11(17)12(18)10(16)6-22-14(20)8(3)4;1-7(2)13(19)21-11(9(17)5-15)12(10(18)6-16)22-14(20)8(3)4;1-7(2)12(17)19-5-9(14)11(16)10(15)6-20-13(18)8(3)4;1-7(2)11(15)17-5-9(13)10(14)6-18-12(16)8(3)4/h2*9-12,15-18H,1,3,5-6H2,2,4H3;9-11,14-16H,1,3,5-6H2,2,4H3;9-10,13-14H,1,3,5-6H2,2,4H3. The van der Waals surface area contributed by atoms with Gasteiger partial charge in [-0.1, -0.05) is 52.6 Å². The molecule has 0 aromatic heterocycles. The lowest BCUT2D eigenvalue weighted by atomic mass is 10.0. The van der Waals surface area contributed by atoms with Gasteiger partial charge >= 0.3 is 47.8 Å². The second-order valence-electron chi connectivity index (χ2n) is 17.9. The van der Waals surface area contributed by atoms with E-state index < -0.39 is 180 Å². The van der Waals surface area contributed by atoms with Gasteiger partial charge in [-0.3, -0.25) is 0 Å². The Bertz CT molecular complexity index is 2050. The summed E-state index contributed by atoms with van der Waals surface area (Å²) in [7, 11) is 0. The molecule has 0 rings (SSSR count). The van der Waals surface area contributed by atoms with Crippen LogP contribution in [-0.2, 0) is 76.3 Å². The molecule has 0 aliphatic heterocycles. The first-order chi connectivity index (χ1) is 37.6. The number of aliphatic hydroxyl groups is 13. The summed E-state index contributed by atoms with van der Waals surface area (Å²) >= 11 is 0. The van der Waals surface area contributed by atoms with Crippen LogP contribution in [0.15, 0.2) is 97.2 Å². The molecule has 0 aliphatic carbocycles. The zero-order chi connectivity index (χ0) is 65.1. The summed E-state index contributed by atoms with van der Waals surface area (Å²) in [6.07, 6.45) is -20.7. The van der Waals surface area contributed by atoms with Gasteiger partial charge in [0.15, 0.2) is 12.2 Å². The van der Waals surface area contributed by atoms with Crippen LogP contribution < -0.4 is 0 Å². The zero-order valence-electron chi connectivity index (χ0n) is 47.2. The van der Waals surface area contributed by atoms with Crippen LogP contribution in [0.1, 0.15) is 55.4 Å². The maximum absolute atomic E-state index is 11.6. The minimum absolute atomic E-state index is 0.00129. The summed E-state index contributed by atoms with van der Waals surface area (Å²) in [6, 6.07) is 0. The van der Waals surface area contributed by atoms with Gasteiger partial charge in [0.2, 0.25) is 0 Å². The van der Waals surface area contributed by atoms with Crippen LogP contribution in [0.25, 0.3) is 0 Å². The molecule has 0 aliphatic rings. The Labute approximate surface area is 474 Å². The van der Waals surface area contributed by atoms with Gasteiger partial charge in [-0.05, 0) is 55.4 Å². The molecule has 82 heavy (non-hydrogen) atoms. The minimum atomic E-state index is -1.81. The van der Waals surface area contributed by atoms with Crippen molar-refractivity contribution >= 4 is 47.8 Å². The predicted molar refractivity (Wildman–Crippen MR) is 284 cm³/mol. The number of rotatable bonds is 33. The highest BCUT2D eigenvalue weighted by atomic mass is 16.6.